The predicted molar refractivity (Wildman–Crippen MR) is 99.8 cm³/mol. The fourth-order valence-corrected chi connectivity index (χ4v) is 5.30. The number of hydrogen-bond donors (Lipinski definition) is 1. The molecule has 0 radical (unpaired) electrons. The molecule has 0 spiro atoms. The highest BCUT2D eigenvalue weighted by atomic mass is 15.3. The smallest absolute Gasteiger partial charge is 0.228 e. The van der Waals surface area contributed by atoms with Crippen molar-refractivity contribution in [3.05, 3.63) is 18.5 Å². The number of aromatic nitrogens is 4. The summed E-state index contributed by atoms with van der Waals surface area (Å²) in [6, 6.07) is 3.38. The van der Waals surface area contributed by atoms with E-state index in [1.165, 1.54) is 32.1 Å². The van der Waals surface area contributed by atoms with Gasteiger partial charge in [-0.2, -0.15) is 4.98 Å². The van der Waals surface area contributed by atoms with E-state index in [0.717, 1.165) is 47.9 Å². The third kappa shape index (κ3) is 2.19. The Balaban J connectivity index is 1.43. The quantitative estimate of drug-likeness (QED) is 0.908. The average Bonchev–Trinajstić information content (AvgIpc) is 3.41. The van der Waals surface area contributed by atoms with Crippen LogP contribution >= 0.6 is 0 Å². The van der Waals surface area contributed by atoms with E-state index in [1.807, 2.05) is 0 Å². The van der Waals surface area contributed by atoms with Gasteiger partial charge < -0.3 is 15.5 Å². The molecule has 3 aliphatic heterocycles. The minimum absolute atomic E-state index is 0.292. The van der Waals surface area contributed by atoms with E-state index in [4.69, 9.17) is 15.7 Å². The molecular weight excluding hydrogens is 326 g/mol. The molecule has 2 saturated carbocycles. The first kappa shape index (κ1) is 14.7. The molecule has 7 rings (SSSR count). The molecule has 5 aliphatic rings. The minimum Gasteiger partial charge on any atom is -0.368 e. The topological polar surface area (TPSA) is 84.1 Å². The molecule has 0 unspecified atom stereocenters. The second-order valence-corrected chi connectivity index (χ2v) is 8.37. The summed E-state index contributed by atoms with van der Waals surface area (Å²) in [6.45, 7) is 2.22. The van der Waals surface area contributed by atoms with Gasteiger partial charge in [-0.15, -0.1) is 0 Å². The summed E-state index contributed by atoms with van der Waals surface area (Å²) in [5.41, 5.74) is 7.46. The van der Waals surface area contributed by atoms with E-state index < -0.39 is 0 Å². The molecule has 2 aromatic rings. The summed E-state index contributed by atoms with van der Waals surface area (Å²) in [4.78, 5) is 23.1. The van der Waals surface area contributed by atoms with Crippen molar-refractivity contribution in [2.45, 2.75) is 44.2 Å². The SMILES string of the molecule is Nc1ncc(-c2cc(N3C[C@H]4CC[C@@H]3C4)nc(N3CC4CC3C4)n2)cn1. The van der Waals surface area contributed by atoms with Crippen molar-refractivity contribution >= 4 is 17.7 Å². The maximum Gasteiger partial charge on any atom is 0.228 e. The maximum atomic E-state index is 5.66. The Labute approximate surface area is 152 Å². The fourth-order valence-electron chi connectivity index (χ4n) is 5.30. The standard InChI is InChI=1S/C19H23N7/c20-18-21-7-13(8-22-18)16-6-17(25-9-11-1-2-14(25)3-11)24-19(23-16)26-10-12-4-15(26)5-12/h6-8,11-12,14-15H,1-5,9-10H2,(H2,20,21,22)/t11-,12?,14+,15?/m0/s1. The number of hydrogen-bond acceptors (Lipinski definition) is 7. The van der Waals surface area contributed by atoms with E-state index >= 15 is 0 Å². The van der Waals surface area contributed by atoms with E-state index in [9.17, 15) is 0 Å². The number of nitrogens with two attached hydrogens (primary N) is 1. The average molecular weight is 349 g/mol. The Morgan fingerprint density at radius 2 is 1.65 bits per heavy atom. The minimum atomic E-state index is 0.292. The van der Waals surface area contributed by atoms with Gasteiger partial charge in [-0.05, 0) is 43.9 Å². The maximum absolute atomic E-state index is 5.66. The van der Waals surface area contributed by atoms with Crippen molar-refractivity contribution in [2.75, 3.05) is 28.6 Å². The third-order valence-corrected chi connectivity index (χ3v) is 6.74. The Morgan fingerprint density at radius 3 is 2.31 bits per heavy atom. The Kier molecular flexibility index (Phi) is 2.99. The highest BCUT2D eigenvalue weighted by Crippen LogP contribution is 2.44. The number of piperidine rings is 1. The Hall–Kier alpha value is -2.44. The van der Waals surface area contributed by atoms with Crippen LogP contribution in [0.4, 0.5) is 17.7 Å². The van der Waals surface area contributed by atoms with Gasteiger partial charge in [-0.1, -0.05) is 0 Å². The molecule has 4 bridgehead atoms. The van der Waals surface area contributed by atoms with Crippen LogP contribution in [0.2, 0.25) is 0 Å². The van der Waals surface area contributed by atoms with Gasteiger partial charge in [-0.3, -0.25) is 0 Å². The molecule has 3 saturated heterocycles. The second-order valence-electron chi connectivity index (χ2n) is 8.37. The van der Waals surface area contributed by atoms with Gasteiger partial charge in [0.1, 0.15) is 5.82 Å². The lowest BCUT2D eigenvalue weighted by atomic mass is 9.86. The first-order valence-electron chi connectivity index (χ1n) is 9.73. The van der Waals surface area contributed by atoms with Gasteiger partial charge >= 0.3 is 0 Å². The van der Waals surface area contributed by atoms with E-state index in [-0.39, 0.29) is 0 Å². The fraction of sp³-hybridized carbons (Fsp3) is 0.579. The van der Waals surface area contributed by atoms with E-state index in [0.29, 0.717) is 18.0 Å². The summed E-state index contributed by atoms with van der Waals surface area (Å²) in [7, 11) is 0. The van der Waals surface area contributed by atoms with Crippen LogP contribution in [0.25, 0.3) is 11.3 Å². The molecule has 2 N–H and O–H groups in total. The van der Waals surface area contributed by atoms with Gasteiger partial charge in [-0.25, -0.2) is 15.0 Å². The molecular formula is C19H23N7. The number of nitrogen functional groups attached to an aromatic ring is 1. The Morgan fingerprint density at radius 1 is 0.885 bits per heavy atom. The van der Waals surface area contributed by atoms with Gasteiger partial charge in [0, 0.05) is 49.2 Å². The molecule has 7 nitrogen and oxygen atoms in total. The Bertz CT molecular complexity index is 845. The highest BCUT2D eigenvalue weighted by molar-refractivity contribution is 5.65. The first-order valence-corrected chi connectivity index (χ1v) is 9.73. The van der Waals surface area contributed by atoms with E-state index in [1.54, 1.807) is 12.4 Å². The second kappa shape index (κ2) is 5.28. The van der Waals surface area contributed by atoms with Crippen molar-refractivity contribution in [2.24, 2.45) is 11.8 Å². The van der Waals surface area contributed by atoms with Gasteiger partial charge in [0.25, 0.3) is 0 Å². The molecule has 2 aliphatic carbocycles. The lowest BCUT2D eigenvalue weighted by Crippen LogP contribution is -2.34. The molecule has 2 aromatic heterocycles. The van der Waals surface area contributed by atoms with Gasteiger partial charge in [0.2, 0.25) is 11.9 Å². The van der Waals surface area contributed by atoms with Crippen molar-refractivity contribution in [1.29, 1.82) is 0 Å². The predicted octanol–water partition coefficient (Wildman–Crippen LogP) is 2.10. The third-order valence-electron chi connectivity index (χ3n) is 6.74. The molecule has 26 heavy (non-hydrogen) atoms. The number of anilines is 3. The van der Waals surface area contributed by atoms with Crippen molar-refractivity contribution in [1.82, 2.24) is 19.9 Å². The van der Waals surface area contributed by atoms with Crippen molar-refractivity contribution in [3.63, 3.8) is 0 Å². The zero-order valence-electron chi connectivity index (χ0n) is 14.8. The summed E-state index contributed by atoms with van der Waals surface area (Å²) in [6.07, 6.45) is 10.1. The normalized spacial score (nSPS) is 31.5. The zero-order valence-corrected chi connectivity index (χ0v) is 14.8. The summed E-state index contributed by atoms with van der Waals surface area (Å²) in [5.74, 6) is 3.90. The van der Waals surface area contributed by atoms with Gasteiger partial charge in [0.15, 0.2) is 0 Å². The summed E-state index contributed by atoms with van der Waals surface area (Å²) in [5, 5.41) is 0. The summed E-state index contributed by atoms with van der Waals surface area (Å²) < 4.78 is 0. The van der Waals surface area contributed by atoms with E-state index in [2.05, 4.69) is 25.8 Å². The number of fused-ring (bicyclic) bond motifs is 3. The van der Waals surface area contributed by atoms with Crippen LogP contribution in [0.3, 0.4) is 0 Å². The zero-order chi connectivity index (χ0) is 17.3. The monoisotopic (exact) mass is 349 g/mol. The van der Waals surface area contributed by atoms with Crippen LogP contribution in [-0.4, -0.2) is 45.1 Å². The van der Waals surface area contributed by atoms with Crippen molar-refractivity contribution in [3.8, 4) is 11.3 Å². The molecule has 7 heteroatoms. The largest absolute Gasteiger partial charge is 0.368 e. The van der Waals surface area contributed by atoms with Crippen LogP contribution < -0.4 is 15.5 Å². The molecule has 0 aromatic carbocycles. The molecule has 134 valence electrons. The van der Waals surface area contributed by atoms with Crippen molar-refractivity contribution < 1.29 is 0 Å². The van der Waals surface area contributed by atoms with Crippen LogP contribution in [0.5, 0.6) is 0 Å². The molecule has 5 fully saturated rings. The van der Waals surface area contributed by atoms with Crippen LogP contribution in [-0.2, 0) is 0 Å². The molecule has 2 atom stereocenters. The van der Waals surface area contributed by atoms with Crippen LogP contribution in [0, 0.1) is 11.8 Å². The van der Waals surface area contributed by atoms with Gasteiger partial charge in [0.05, 0.1) is 5.69 Å². The molecule has 5 heterocycles. The summed E-state index contributed by atoms with van der Waals surface area (Å²) >= 11 is 0. The lowest BCUT2D eigenvalue weighted by molar-refractivity contribution is 0.380. The molecule has 0 amide bonds. The highest BCUT2D eigenvalue weighted by Gasteiger charge is 2.44. The first-order chi connectivity index (χ1) is 12.7. The number of rotatable bonds is 3. The van der Waals surface area contributed by atoms with Crippen LogP contribution in [0.1, 0.15) is 32.1 Å². The number of nitrogens with zero attached hydrogens (tertiary/aromatic N) is 6. The lowest BCUT2D eigenvalue weighted by Gasteiger charge is -2.30. The van der Waals surface area contributed by atoms with Crippen LogP contribution in [0.15, 0.2) is 18.5 Å².